The Kier molecular flexibility index (Phi) is 6.22. The molecule has 0 aliphatic heterocycles. The molecule has 0 atom stereocenters. The number of ether oxygens (including phenoxy) is 2. The lowest BCUT2D eigenvalue weighted by Gasteiger charge is -2.09. The fraction of sp³-hybridized carbons (Fsp3) is 0.357. The molecule has 0 aliphatic carbocycles. The largest absolute Gasteiger partial charge is 0.482 e. The minimum Gasteiger partial charge on any atom is -0.482 e. The molecule has 0 radical (unpaired) electrons. The van der Waals surface area contributed by atoms with Crippen molar-refractivity contribution in [1.29, 1.82) is 0 Å². The lowest BCUT2D eigenvalue weighted by Crippen LogP contribution is -2.18. The molecule has 1 N–H and O–H groups in total. The van der Waals surface area contributed by atoms with Crippen LogP contribution in [-0.4, -0.2) is 30.8 Å². The monoisotopic (exact) mass is 278 g/mol. The van der Waals surface area contributed by atoms with Gasteiger partial charge in [0, 0.05) is 6.92 Å². The summed E-state index contributed by atoms with van der Waals surface area (Å²) in [6, 6.07) is 6.93. The smallest absolute Gasteiger partial charge is 0.344 e. The van der Waals surface area contributed by atoms with E-state index in [0.29, 0.717) is 5.75 Å². The average molecular weight is 278 g/mol. The lowest BCUT2D eigenvalue weighted by atomic mass is 10.2. The number of carbonyl (C=O) groups is 2. The average Bonchev–Trinajstić information content (AvgIpc) is 2.36. The molecule has 1 aromatic rings. The van der Waals surface area contributed by atoms with Crippen LogP contribution in [0.5, 0.6) is 5.75 Å². The normalized spacial score (nSPS) is 10.6. The number of nitrogens with zero attached hydrogens (tertiary/aromatic N) is 1. The van der Waals surface area contributed by atoms with E-state index in [4.69, 9.17) is 9.47 Å². The molecule has 0 heterocycles. The van der Waals surface area contributed by atoms with Crippen LogP contribution in [0.4, 0.5) is 0 Å². The topological polar surface area (TPSA) is 77.0 Å². The molecule has 0 spiro atoms. The first kappa shape index (κ1) is 15.7. The maximum absolute atomic E-state index is 11.3. The summed E-state index contributed by atoms with van der Waals surface area (Å²) in [5.74, 6) is -0.0800. The van der Waals surface area contributed by atoms with E-state index in [1.165, 1.54) is 13.1 Å². The van der Waals surface area contributed by atoms with Crippen LogP contribution in [0.3, 0.4) is 0 Å². The standard InChI is InChI=1S/C14H18N2O4/c1-10(2)20-14(18)9-19-13-6-4-12(5-7-13)8-15-16-11(3)17/h4-8,10H,9H2,1-3H3,(H,16,17)/b15-8-. The highest BCUT2D eigenvalue weighted by molar-refractivity contribution is 5.81. The first-order valence-corrected chi connectivity index (χ1v) is 6.19. The predicted octanol–water partition coefficient (Wildman–Crippen LogP) is 1.49. The zero-order valence-electron chi connectivity index (χ0n) is 11.8. The van der Waals surface area contributed by atoms with Crippen LogP contribution in [0.15, 0.2) is 29.4 Å². The van der Waals surface area contributed by atoms with E-state index in [9.17, 15) is 9.59 Å². The first-order valence-electron chi connectivity index (χ1n) is 6.19. The predicted molar refractivity (Wildman–Crippen MR) is 74.6 cm³/mol. The van der Waals surface area contributed by atoms with Gasteiger partial charge in [0.2, 0.25) is 5.91 Å². The van der Waals surface area contributed by atoms with Gasteiger partial charge in [-0.3, -0.25) is 4.79 Å². The van der Waals surface area contributed by atoms with Crippen molar-refractivity contribution in [2.24, 2.45) is 5.10 Å². The summed E-state index contributed by atoms with van der Waals surface area (Å²) in [6.45, 7) is 4.81. The van der Waals surface area contributed by atoms with Gasteiger partial charge in [0.25, 0.3) is 0 Å². The molecule has 20 heavy (non-hydrogen) atoms. The van der Waals surface area contributed by atoms with E-state index in [1.807, 2.05) is 0 Å². The molecule has 0 aliphatic rings. The second-order valence-corrected chi connectivity index (χ2v) is 4.32. The maximum Gasteiger partial charge on any atom is 0.344 e. The van der Waals surface area contributed by atoms with Crippen LogP contribution in [0.25, 0.3) is 0 Å². The molecule has 1 aromatic carbocycles. The van der Waals surface area contributed by atoms with Crippen LogP contribution in [0.1, 0.15) is 26.3 Å². The van der Waals surface area contributed by atoms with E-state index < -0.39 is 5.97 Å². The van der Waals surface area contributed by atoms with Gasteiger partial charge in [0.05, 0.1) is 12.3 Å². The number of esters is 1. The van der Waals surface area contributed by atoms with Crippen LogP contribution in [0, 0.1) is 0 Å². The summed E-state index contributed by atoms with van der Waals surface area (Å²) < 4.78 is 10.2. The van der Waals surface area contributed by atoms with Gasteiger partial charge in [-0.25, -0.2) is 10.2 Å². The molecule has 1 rings (SSSR count). The van der Waals surface area contributed by atoms with Gasteiger partial charge in [-0.15, -0.1) is 0 Å². The van der Waals surface area contributed by atoms with Gasteiger partial charge in [-0.1, -0.05) is 0 Å². The van der Waals surface area contributed by atoms with Crippen LogP contribution < -0.4 is 10.2 Å². The SMILES string of the molecule is CC(=O)N/N=C\c1ccc(OCC(=O)OC(C)C)cc1. The number of hydrogen-bond acceptors (Lipinski definition) is 5. The lowest BCUT2D eigenvalue weighted by molar-refractivity contribution is -0.149. The van der Waals surface area contributed by atoms with Crippen molar-refractivity contribution in [3.63, 3.8) is 0 Å². The summed E-state index contributed by atoms with van der Waals surface area (Å²) in [4.78, 5) is 21.9. The summed E-state index contributed by atoms with van der Waals surface area (Å²) in [5.41, 5.74) is 3.11. The number of nitrogens with one attached hydrogen (secondary N) is 1. The molecule has 6 nitrogen and oxygen atoms in total. The minimum atomic E-state index is -0.406. The van der Waals surface area contributed by atoms with Crippen molar-refractivity contribution in [1.82, 2.24) is 5.43 Å². The molecule has 0 bridgehead atoms. The number of hydrazone groups is 1. The molecule has 6 heteroatoms. The zero-order valence-corrected chi connectivity index (χ0v) is 11.8. The number of benzene rings is 1. The first-order chi connectivity index (χ1) is 9.47. The van der Waals surface area contributed by atoms with Crippen LogP contribution >= 0.6 is 0 Å². The fourth-order valence-electron chi connectivity index (χ4n) is 1.29. The van der Waals surface area contributed by atoms with E-state index in [1.54, 1.807) is 38.1 Å². The molecular weight excluding hydrogens is 260 g/mol. The van der Waals surface area contributed by atoms with Gasteiger partial charge in [-0.2, -0.15) is 5.10 Å². The Hall–Kier alpha value is -2.37. The van der Waals surface area contributed by atoms with Gasteiger partial charge in [-0.05, 0) is 43.7 Å². The Labute approximate surface area is 117 Å². The Bertz CT molecular complexity index is 480. The maximum atomic E-state index is 11.3. The number of rotatable bonds is 6. The second kappa shape index (κ2) is 7.93. The van der Waals surface area contributed by atoms with Crippen LogP contribution in [0.2, 0.25) is 0 Å². The third-order valence-corrected chi connectivity index (χ3v) is 2.04. The van der Waals surface area contributed by atoms with Crippen LogP contribution in [-0.2, 0) is 14.3 Å². The second-order valence-electron chi connectivity index (χ2n) is 4.32. The van der Waals surface area contributed by atoms with Crippen molar-refractivity contribution in [2.75, 3.05) is 6.61 Å². The fourth-order valence-corrected chi connectivity index (χ4v) is 1.29. The van der Waals surface area contributed by atoms with Crippen molar-refractivity contribution in [3.8, 4) is 5.75 Å². The van der Waals surface area contributed by atoms with E-state index >= 15 is 0 Å². The zero-order chi connectivity index (χ0) is 15.0. The van der Waals surface area contributed by atoms with Crippen molar-refractivity contribution >= 4 is 18.1 Å². The van der Waals surface area contributed by atoms with E-state index in [0.717, 1.165) is 5.56 Å². The minimum absolute atomic E-state index is 0.127. The van der Waals surface area contributed by atoms with Gasteiger partial charge >= 0.3 is 5.97 Å². The summed E-state index contributed by atoms with van der Waals surface area (Å²) in [6.07, 6.45) is 1.36. The van der Waals surface area contributed by atoms with Crippen molar-refractivity contribution in [2.45, 2.75) is 26.9 Å². The molecule has 1 amide bonds. The number of amides is 1. The van der Waals surface area contributed by atoms with E-state index in [2.05, 4.69) is 10.5 Å². The highest BCUT2D eigenvalue weighted by Gasteiger charge is 2.06. The Morgan fingerprint density at radius 3 is 2.50 bits per heavy atom. The van der Waals surface area contributed by atoms with Gasteiger partial charge in [0.15, 0.2) is 6.61 Å². The highest BCUT2D eigenvalue weighted by Crippen LogP contribution is 2.11. The third kappa shape index (κ3) is 6.53. The molecule has 0 fully saturated rings. The van der Waals surface area contributed by atoms with Crippen molar-refractivity contribution in [3.05, 3.63) is 29.8 Å². The molecule has 0 saturated carbocycles. The molecule has 108 valence electrons. The van der Waals surface area contributed by atoms with Crippen molar-refractivity contribution < 1.29 is 19.1 Å². The Balaban J connectivity index is 2.44. The number of hydrogen-bond donors (Lipinski definition) is 1. The Morgan fingerprint density at radius 1 is 1.30 bits per heavy atom. The molecule has 0 unspecified atom stereocenters. The molecule has 0 saturated heterocycles. The van der Waals surface area contributed by atoms with E-state index in [-0.39, 0.29) is 18.6 Å². The number of carbonyl (C=O) groups excluding carboxylic acids is 2. The summed E-state index contributed by atoms with van der Waals surface area (Å²) >= 11 is 0. The quantitative estimate of drug-likeness (QED) is 0.486. The highest BCUT2D eigenvalue weighted by atomic mass is 16.6. The summed E-state index contributed by atoms with van der Waals surface area (Å²) in [5, 5.41) is 3.74. The third-order valence-electron chi connectivity index (χ3n) is 2.04. The van der Waals surface area contributed by atoms with Gasteiger partial charge < -0.3 is 9.47 Å². The summed E-state index contributed by atoms with van der Waals surface area (Å²) in [7, 11) is 0. The van der Waals surface area contributed by atoms with Gasteiger partial charge in [0.1, 0.15) is 5.75 Å². The Morgan fingerprint density at radius 2 is 1.95 bits per heavy atom. The molecule has 0 aromatic heterocycles. The molecular formula is C14H18N2O4.